The molecule has 7 heteroatoms. The van der Waals surface area contributed by atoms with Gasteiger partial charge in [-0.3, -0.25) is 14.9 Å². The van der Waals surface area contributed by atoms with Crippen LogP contribution in [0.3, 0.4) is 0 Å². The molecule has 4 rings (SSSR count). The normalized spacial score (nSPS) is 24.8. The van der Waals surface area contributed by atoms with Crippen molar-refractivity contribution in [1.82, 2.24) is 14.9 Å². The van der Waals surface area contributed by atoms with Gasteiger partial charge in [-0.1, -0.05) is 12.1 Å². The fourth-order valence-electron chi connectivity index (χ4n) is 3.45. The minimum atomic E-state index is -0.657. The molecule has 120 valence electrons. The predicted octanol–water partition coefficient (Wildman–Crippen LogP) is 1.93. The summed E-state index contributed by atoms with van der Waals surface area (Å²) in [6, 6.07) is 7.28. The number of imidazole rings is 1. The van der Waals surface area contributed by atoms with E-state index in [9.17, 15) is 14.9 Å². The molecule has 1 aromatic heterocycles. The molecule has 1 saturated carbocycles. The highest BCUT2D eigenvalue weighted by molar-refractivity contribution is 5.82. The monoisotopic (exact) mass is 314 g/mol. The molecule has 1 saturated heterocycles. The van der Waals surface area contributed by atoms with E-state index in [-0.39, 0.29) is 10.8 Å². The number of carbonyl (C=O) groups excluding carboxylic acids is 1. The van der Waals surface area contributed by atoms with Gasteiger partial charge in [-0.15, -0.1) is 0 Å². The number of piperidine rings is 1. The lowest BCUT2D eigenvalue weighted by Gasteiger charge is -2.31. The molecule has 0 bridgehead atoms. The van der Waals surface area contributed by atoms with Gasteiger partial charge in [-0.05, 0) is 25.0 Å². The number of amides is 1. The van der Waals surface area contributed by atoms with Crippen LogP contribution in [0.1, 0.15) is 31.0 Å². The molecule has 0 spiro atoms. The van der Waals surface area contributed by atoms with Crippen molar-refractivity contribution in [2.75, 3.05) is 13.1 Å². The zero-order valence-corrected chi connectivity index (χ0v) is 12.6. The summed E-state index contributed by atoms with van der Waals surface area (Å²) in [6.07, 6.45) is 2.10. The van der Waals surface area contributed by atoms with Crippen molar-refractivity contribution in [1.29, 1.82) is 0 Å². The Bertz CT molecular complexity index is 731. The number of nitro groups is 1. The van der Waals surface area contributed by atoms with Gasteiger partial charge in [0.15, 0.2) is 0 Å². The second-order valence-corrected chi connectivity index (χ2v) is 6.43. The quantitative estimate of drug-likeness (QED) is 0.692. The third-order valence-electron chi connectivity index (χ3n) is 4.95. The van der Waals surface area contributed by atoms with Crippen LogP contribution in [0, 0.1) is 16.0 Å². The minimum absolute atomic E-state index is 0.0465. The summed E-state index contributed by atoms with van der Waals surface area (Å²) in [5.74, 6) is 0.854. The number of fused-ring (bicyclic) bond motifs is 1. The Balaban J connectivity index is 1.39. The molecular formula is C16H18N4O3. The third-order valence-corrected chi connectivity index (χ3v) is 4.95. The average molecular weight is 314 g/mol. The first-order chi connectivity index (χ1) is 11.1. The number of hydrogen-bond donors (Lipinski definition) is 1. The highest BCUT2D eigenvalue weighted by atomic mass is 16.6. The molecule has 1 amide bonds. The van der Waals surface area contributed by atoms with E-state index >= 15 is 0 Å². The first-order valence-corrected chi connectivity index (χ1v) is 8.00. The minimum Gasteiger partial charge on any atom is -0.342 e. The Morgan fingerprint density at radius 3 is 2.70 bits per heavy atom. The van der Waals surface area contributed by atoms with Gasteiger partial charge >= 0.3 is 0 Å². The number of benzene rings is 1. The number of likely N-dealkylation sites (tertiary alicyclic amines) is 1. The molecule has 1 aliphatic carbocycles. The summed E-state index contributed by atoms with van der Waals surface area (Å²) in [4.78, 5) is 32.4. The number of nitrogens with zero attached hydrogens (tertiary/aromatic N) is 3. The van der Waals surface area contributed by atoms with Crippen molar-refractivity contribution < 1.29 is 9.72 Å². The van der Waals surface area contributed by atoms with Crippen LogP contribution in [0.4, 0.5) is 0 Å². The molecule has 23 heavy (non-hydrogen) atoms. The Labute approximate surface area is 132 Å². The Morgan fingerprint density at radius 1 is 1.30 bits per heavy atom. The largest absolute Gasteiger partial charge is 0.342 e. The molecular weight excluding hydrogens is 296 g/mol. The third kappa shape index (κ3) is 2.56. The standard InChI is InChI=1S/C16H18N4O3/c21-16(11-9-14(11)20(22)23)19-7-5-10(6-8-19)15-17-12-3-1-2-4-13(12)18-15/h1-4,10-11,14H,5-9H2,(H,17,18)/t11-,14+/m0/s1. The molecule has 2 heterocycles. The molecule has 1 aromatic carbocycles. The lowest BCUT2D eigenvalue weighted by Crippen LogP contribution is -2.39. The molecule has 2 aliphatic rings. The SMILES string of the molecule is O=C([C@H]1C[C@H]1[N+](=O)[O-])N1CCC(c2nc3ccccc3[nH]2)CC1. The zero-order chi connectivity index (χ0) is 16.0. The van der Waals surface area contributed by atoms with E-state index in [2.05, 4.69) is 9.97 Å². The summed E-state index contributed by atoms with van der Waals surface area (Å²) in [5, 5.41) is 10.7. The highest BCUT2D eigenvalue weighted by Crippen LogP contribution is 2.36. The van der Waals surface area contributed by atoms with Crippen LogP contribution in [-0.4, -0.2) is 44.8 Å². The van der Waals surface area contributed by atoms with Crippen LogP contribution < -0.4 is 0 Å². The second-order valence-electron chi connectivity index (χ2n) is 6.43. The second kappa shape index (κ2) is 5.33. The zero-order valence-electron chi connectivity index (χ0n) is 12.6. The number of nitrogens with one attached hydrogen (secondary N) is 1. The van der Waals surface area contributed by atoms with Crippen molar-refractivity contribution in [2.45, 2.75) is 31.2 Å². The topological polar surface area (TPSA) is 92.1 Å². The van der Waals surface area contributed by atoms with Crippen molar-refractivity contribution in [3.8, 4) is 0 Å². The number of carbonyl (C=O) groups is 1. The molecule has 1 N–H and O–H groups in total. The number of hydrogen-bond acceptors (Lipinski definition) is 4. The van der Waals surface area contributed by atoms with Gasteiger partial charge in [0.2, 0.25) is 11.9 Å². The van der Waals surface area contributed by atoms with E-state index in [0.29, 0.717) is 25.4 Å². The Kier molecular flexibility index (Phi) is 3.28. The fourth-order valence-corrected chi connectivity index (χ4v) is 3.45. The van der Waals surface area contributed by atoms with E-state index < -0.39 is 12.0 Å². The van der Waals surface area contributed by atoms with Crippen molar-refractivity contribution in [2.24, 2.45) is 5.92 Å². The Hall–Kier alpha value is -2.44. The van der Waals surface area contributed by atoms with E-state index in [0.717, 1.165) is 29.7 Å². The molecule has 2 fully saturated rings. The molecule has 0 radical (unpaired) electrons. The first-order valence-electron chi connectivity index (χ1n) is 8.00. The van der Waals surface area contributed by atoms with Gasteiger partial charge in [0.05, 0.1) is 11.0 Å². The summed E-state index contributed by atoms with van der Waals surface area (Å²) in [7, 11) is 0. The lowest BCUT2D eigenvalue weighted by molar-refractivity contribution is -0.497. The highest BCUT2D eigenvalue weighted by Gasteiger charge is 2.54. The summed E-state index contributed by atoms with van der Waals surface area (Å²) in [6.45, 7) is 1.31. The maximum atomic E-state index is 12.3. The van der Waals surface area contributed by atoms with Crippen LogP contribution in [-0.2, 0) is 4.79 Å². The van der Waals surface area contributed by atoms with Crippen molar-refractivity contribution in [3.63, 3.8) is 0 Å². The smallest absolute Gasteiger partial charge is 0.232 e. The summed E-state index contributed by atoms with van der Waals surface area (Å²) in [5.41, 5.74) is 2.00. The van der Waals surface area contributed by atoms with E-state index in [1.54, 1.807) is 4.90 Å². The van der Waals surface area contributed by atoms with E-state index in [1.807, 2.05) is 24.3 Å². The lowest BCUT2D eigenvalue weighted by atomic mass is 9.96. The predicted molar refractivity (Wildman–Crippen MR) is 83.5 cm³/mol. The van der Waals surface area contributed by atoms with E-state index in [4.69, 9.17) is 0 Å². The number of aromatic amines is 1. The van der Waals surface area contributed by atoms with Crippen LogP contribution in [0.2, 0.25) is 0 Å². The van der Waals surface area contributed by atoms with Crippen LogP contribution in [0.15, 0.2) is 24.3 Å². The van der Waals surface area contributed by atoms with Crippen LogP contribution in [0.25, 0.3) is 11.0 Å². The number of para-hydroxylation sites is 2. The van der Waals surface area contributed by atoms with Crippen molar-refractivity contribution in [3.05, 3.63) is 40.2 Å². The molecule has 7 nitrogen and oxygen atoms in total. The summed E-state index contributed by atoms with van der Waals surface area (Å²) >= 11 is 0. The van der Waals surface area contributed by atoms with E-state index in [1.165, 1.54) is 0 Å². The molecule has 1 aliphatic heterocycles. The van der Waals surface area contributed by atoms with Gasteiger partial charge in [0.1, 0.15) is 11.7 Å². The van der Waals surface area contributed by atoms with Gasteiger partial charge in [0.25, 0.3) is 0 Å². The maximum Gasteiger partial charge on any atom is 0.232 e. The average Bonchev–Trinajstić information content (AvgIpc) is 3.26. The maximum absolute atomic E-state index is 12.3. The fraction of sp³-hybridized carbons (Fsp3) is 0.500. The van der Waals surface area contributed by atoms with Crippen LogP contribution in [0.5, 0.6) is 0 Å². The van der Waals surface area contributed by atoms with Gasteiger partial charge in [-0.25, -0.2) is 4.98 Å². The molecule has 0 unspecified atom stereocenters. The number of H-pyrrole nitrogens is 1. The Morgan fingerprint density at radius 2 is 2.04 bits per heavy atom. The first kappa shape index (κ1) is 14.2. The number of aromatic nitrogens is 2. The van der Waals surface area contributed by atoms with Crippen LogP contribution >= 0.6 is 0 Å². The van der Waals surface area contributed by atoms with Crippen molar-refractivity contribution >= 4 is 16.9 Å². The number of rotatable bonds is 3. The van der Waals surface area contributed by atoms with Gasteiger partial charge in [0, 0.05) is 30.4 Å². The molecule has 2 aromatic rings. The van der Waals surface area contributed by atoms with Gasteiger partial charge in [-0.2, -0.15) is 0 Å². The summed E-state index contributed by atoms with van der Waals surface area (Å²) < 4.78 is 0. The van der Waals surface area contributed by atoms with Gasteiger partial charge < -0.3 is 9.88 Å². The molecule has 2 atom stereocenters.